The van der Waals surface area contributed by atoms with Gasteiger partial charge in [0, 0.05) is 17.5 Å². The zero-order valence-corrected chi connectivity index (χ0v) is 16.0. The fourth-order valence-corrected chi connectivity index (χ4v) is 3.64. The summed E-state index contributed by atoms with van der Waals surface area (Å²) in [5, 5.41) is 4.82. The van der Waals surface area contributed by atoms with Crippen LogP contribution < -0.4 is 10.6 Å². The number of carbonyl (C=O) groups excluding carboxylic acids is 2. The van der Waals surface area contributed by atoms with Crippen LogP contribution >= 0.6 is 11.8 Å². The third-order valence-electron chi connectivity index (χ3n) is 3.90. The lowest BCUT2D eigenvalue weighted by Crippen LogP contribution is -2.19. The highest BCUT2D eigenvalue weighted by atomic mass is 32.2. The Labute approximate surface area is 167 Å². The van der Waals surface area contributed by atoms with E-state index in [9.17, 15) is 14.0 Å². The Hall–Kier alpha value is -3.12. The molecule has 3 aromatic rings. The summed E-state index contributed by atoms with van der Waals surface area (Å²) in [6.07, 6.45) is 0. The fourth-order valence-electron chi connectivity index (χ4n) is 2.62. The van der Waals surface area contributed by atoms with E-state index < -0.39 is 11.1 Å². The Morgan fingerprint density at radius 3 is 2.14 bits per heavy atom. The number of thioether (sulfide) groups is 1. The molecule has 2 amide bonds. The van der Waals surface area contributed by atoms with Gasteiger partial charge in [0.25, 0.3) is 0 Å². The third-order valence-corrected chi connectivity index (χ3v) is 5.17. The molecular formula is C22H19FN2O2S. The van der Waals surface area contributed by atoms with Crippen LogP contribution in [-0.2, 0) is 9.59 Å². The van der Waals surface area contributed by atoms with E-state index in [1.54, 1.807) is 24.3 Å². The molecule has 3 rings (SSSR count). The zero-order chi connectivity index (χ0) is 19.9. The molecule has 0 aliphatic rings. The van der Waals surface area contributed by atoms with Gasteiger partial charge in [-0.15, -0.1) is 11.8 Å². The fraction of sp³-hybridized carbons (Fsp3) is 0.0909. The lowest BCUT2D eigenvalue weighted by atomic mass is 10.1. The number of carbonyl (C=O) groups is 2. The number of nitrogens with one attached hydrogen (secondary N) is 2. The Morgan fingerprint density at radius 1 is 0.857 bits per heavy atom. The maximum Gasteiger partial charge on any atom is 0.242 e. The molecule has 0 radical (unpaired) electrons. The van der Waals surface area contributed by atoms with Gasteiger partial charge in [-0.1, -0.05) is 42.5 Å². The van der Waals surface area contributed by atoms with E-state index in [-0.39, 0.29) is 17.5 Å². The normalized spacial score (nSPS) is 11.5. The molecule has 0 fully saturated rings. The highest BCUT2D eigenvalue weighted by Gasteiger charge is 2.23. The van der Waals surface area contributed by atoms with Crippen LogP contribution in [0.5, 0.6) is 0 Å². The predicted octanol–water partition coefficient (Wildman–Crippen LogP) is 5.26. The number of para-hydroxylation sites is 1. The molecule has 3 aromatic carbocycles. The van der Waals surface area contributed by atoms with E-state index in [0.29, 0.717) is 5.69 Å². The number of benzene rings is 3. The molecule has 0 spiro atoms. The predicted molar refractivity (Wildman–Crippen MR) is 111 cm³/mol. The van der Waals surface area contributed by atoms with Crippen LogP contribution in [0, 0.1) is 5.82 Å². The quantitative estimate of drug-likeness (QED) is 0.561. The van der Waals surface area contributed by atoms with Gasteiger partial charge in [-0.05, 0) is 42.0 Å². The van der Waals surface area contributed by atoms with Crippen molar-refractivity contribution in [1.29, 1.82) is 0 Å². The van der Waals surface area contributed by atoms with Crippen LogP contribution in [0.1, 0.15) is 17.7 Å². The van der Waals surface area contributed by atoms with Crippen molar-refractivity contribution < 1.29 is 14.0 Å². The average molecular weight is 394 g/mol. The van der Waals surface area contributed by atoms with Gasteiger partial charge >= 0.3 is 0 Å². The van der Waals surface area contributed by atoms with E-state index in [4.69, 9.17) is 0 Å². The number of rotatable bonds is 6. The van der Waals surface area contributed by atoms with Gasteiger partial charge in [-0.25, -0.2) is 4.39 Å². The molecule has 0 aliphatic carbocycles. The first-order chi connectivity index (χ1) is 13.5. The van der Waals surface area contributed by atoms with Gasteiger partial charge in [-0.3, -0.25) is 9.59 Å². The number of hydrogen-bond donors (Lipinski definition) is 2. The van der Waals surface area contributed by atoms with Gasteiger partial charge in [0.2, 0.25) is 11.8 Å². The van der Waals surface area contributed by atoms with Crippen LogP contribution in [0.2, 0.25) is 0 Å². The van der Waals surface area contributed by atoms with Crippen molar-refractivity contribution in [3.8, 4) is 0 Å². The minimum Gasteiger partial charge on any atom is -0.326 e. The van der Waals surface area contributed by atoms with Gasteiger partial charge in [0.05, 0.1) is 5.69 Å². The third kappa shape index (κ3) is 5.20. The molecule has 1 atom stereocenters. The summed E-state index contributed by atoms with van der Waals surface area (Å²) in [6.45, 7) is 1.45. The van der Waals surface area contributed by atoms with Crippen molar-refractivity contribution in [2.75, 3.05) is 10.6 Å². The van der Waals surface area contributed by atoms with Gasteiger partial charge < -0.3 is 10.6 Å². The van der Waals surface area contributed by atoms with Gasteiger partial charge in [-0.2, -0.15) is 0 Å². The minimum atomic E-state index is -0.563. The maximum atomic E-state index is 13.9. The summed E-state index contributed by atoms with van der Waals surface area (Å²) in [5.41, 5.74) is 1.64. The SMILES string of the molecule is CC(=O)Nc1ccc(SC(C(=O)Nc2ccccc2F)c2ccccc2)cc1. The van der Waals surface area contributed by atoms with Crippen LogP contribution in [0.3, 0.4) is 0 Å². The number of amides is 2. The molecule has 0 saturated carbocycles. The summed E-state index contributed by atoms with van der Waals surface area (Å²) < 4.78 is 13.9. The molecule has 142 valence electrons. The Bertz CT molecular complexity index is 962. The van der Waals surface area contributed by atoms with Crippen molar-refractivity contribution in [1.82, 2.24) is 0 Å². The molecule has 0 saturated heterocycles. The Balaban J connectivity index is 1.82. The molecule has 0 heterocycles. The summed E-state index contributed by atoms with van der Waals surface area (Å²) in [4.78, 5) is 24.9. The first kappa shape index (κ1) is 19.6. The van der Waals surface area contributed by atoms with E-state index in [2.05, 4.69) is 10.6 Å². The largest absolute Gasteiger partial charge is 0.326 e. The van der Waals surface area contributed by atoms with Crippen molar-refractivity contribution in [3.05, 3.63) is 90.2 Å². The summed E-state index contributed by atoms with van der Waals surface area (Å²) >= 11 is 1.36. The Kier molecular flexibility index (Phi) is 6.45. The zero-order valence-electron chi connectivity index (χ0n) is 15.2. The molecular weight excluding hydrogens is 375 g/mol. The molecule has 0 aromatic heterocycles. The van der Waals surface area contributed by atoms with E-state index in [1.165, 1.54) is 30.8 Å². The van der Waals surface area contributed by atoms with Gasteiger partial charge in [0.1, 0.15) is 11.1 Å². The van der Waals surface area contributed by atoms with Crippen molar-refractivity contribution in [3.63, 3.8) is 0 Å². The molecule has 0 aliphatic heterocycles. The molecule has 4 nitrogen and oxygen atoms in total. The number of halogens is 1. The van der Waals surface area contributed by atoms with E-state index in [1.807, 2.05) is 42.5 Å². The number of hydrogen-bond acceptors (Lipinski definition) is 3. The van der Waals surface area contributed by atoms with Crippen LogP contribution in [0.25, 0.3) is 0 Å². The topological polar surface area (TPSA) is 58.2 Å². The van der Waals surface area contributed by atoms with Crippen molar-refractivity contribution in [2.45, 2.75) is 17.1 Å². The first-order valence-corrected chi connectivity index (χ1v) is 9.55. The van der Waals surface area contributed by atoms with Crippen molar-refractivity contribution in [2.24, 2.45) is 0 Å². The molecule has 1 unspecified atom stereocenters. The van der Waals surface area contributed by atoms with Crippen LogP contribution in [-0.4, -0.2) is 11.8 Å². The maximum absolute atomic E-state index is 13.9. The second-order valence-corrected chi connectivity index (χ2v) is 7.26. The smallest absolute Gasteiger partial charge is 0.242 e. The summed E-state index contributed by atoms with van der Waals surface area (Å²) in [5.74, 6) is -0.939. The van der Waals surface area contributed by atoms with Crippen LogP contribution in [0.4, 0.5) is 15.8 Å². The summed E-state index contributed by atoms with van der Waals surface area (Å²) in [7, 11) is 0. The summed E-state index contributed by atoms with van der Waals surface area (Å²) in [6, 6.07) is 22.6. The molecule has 28 heavy (non-hydrogen) atoms. The van der Waals surface area contributed by atoms with E-state index >= 15 is 0 Å². The average Bonchev–Trinajstić information content (AvgIpc) is 2.69. The Morgan fingerprint density at radius 2 is 1.50 bits per heavy atom. The lowest BCUT2D eigenvalue weighted by Gasteiger charge is -2.17. The number of anilines is 2. The molecule has 2 N–H and O–H groups in total. The second kappa shape index (κ2) is 9.19. The van der Waals surface area contributed by atoms with Crippen LogP contribution in [0.15, 0.2) is 83.8 Å². The standard InChI is InChI=1S/C22H19FN2O2S/c1-15(26)24-17-11-13-18(14-12-17)28-21(16-7-3-2-4-8-16)22(27)25-20-10-6-5-9-19(20)23/h2-14,21H,1H3,(H,24,26)(H,25,27). The molecule has 6 heteroatoms. The lowest BCUT2D eigenvalue weighted by molar-refractivity contribution is -0.116. The first-order valence-electron chi connectivity index (χ1n) is 8.67. The highest BCUT2D eigenvalue weighted by molar-refractivity contribution is 8.00. The monoisotopic (exact) mass is 394 g/mol. The van der Waals surface area contributed by atoms with Crippen molar-refractivity contribution >= 4 is 35.0 Å². The minimum absolute atomic E-state index is 0.146. The molecule has 0 bridgehead atoms. The second-order valence-electron chi connectivity index (χ2n) is 6.08. The van der Waals surface area contributed by atoms with Gasteiger partial charge in [0.15, 0.2) is 0 Å². The van der Waals surface area contributed by atoms with E-state index in [0.717, 1.165) is 10.5 Å². The highest BCUT2D eigenvalue weighted by Crippen LogP contribution is 2.36.